The third kappa shape index (κ3) is 4.71. The van der Waals surface area contributed by atoms with Crippen LogP contribution in [0.3, 0.4) is 0 Å². The lowest BCUT2D eigenvalue weighted by atomic mass is 10.3. The van der Waals surface area contributed by atoms with Crippen LogP contribution in [0.2, 0.25) is 0 Å². The van der Waals surface area contributed by atoms with Gasteiger partial charge in [-0.1, -0.05) is 11.3 Å². The van der Waals surface area contributed by atoms with Gasteiger partial charge >= 0.3 is 6.36 Å². The molecule has 0 bridgehead atoms. The third-order valence-electron chi connectivity index (χ3n) is 2.63. The Balaban J connectivity index is 2.11. The molecule has 0 fully saturated rings. The summed E-state index contributed by atoms with van der Waals surface area (Å²) in [7, 11) is 1.47. The zero-order valence-corrected chi connectivity index (χ0v) is 12.6. The molecule has 0 aliphatic heterocycles. The number of alkyl halides is 3. The summed E-state index contributed by atoms with van der Waals surface area (Å²) in [4.78, 5) is 17.1. The molecule has 0 aliphatic carbocycles. The minimum atomic E-state index is -4.77. The van der Waals surface area contributed by atoms with E-state index in [1.165, 1.54) is 24.1 Å². The first kappa shape index (κ1) is 16.8. The zero-order chi connectivity index (χ0) is 17.2. The number of fused-ring (bicyclic) bond motifs is 1. The first-order valence-corrected chi connectivity index (χ1v) is 6.97. The molecule has 1 aromatic carbocycles. The van der Waals surface area contributed by atoms with E-state index < -0.39 is 12.3 Å². The highest BCUT2D eigenvalue weighted by Crippen LogP contribution is 2.31. The quantitative estimate of drug-likeness (QED) is 0.579. The highest BCUT2D eigenvalue weighted by atomic mass is 32.1. The molecular formula is C12H12F3N5O2S. The van der Waals surface area contributed by atoms with Crippen molar-refractivity contribution in [3.8, 4) is 5.75 Å². The molecule has 2 aromatic rings. The Morgan fingerprint density at radius 3 is 2.83 bits per heavy atom. The van der Waals surface area contributed by atoms with Crippen molar-refractivity contribution in [2.75, 3.05) is 18.9 Å². The van der Waals surface area contributed by atoms with Crippen molar-refractivity contribution in [2.45, 2.75) is 6.36 Å². The van der Waals surface area contributed by atoms with Gasteiger partial charge in [-0.15, -0.1) is 13.2 Å². The molecule has 0 unspecified atom stereocenters. The number of anilines is 1. The maximum absolute atomic E-state index is 12.2. The second-order valence-electron chi connectivity index (χ2n) is 4.49. The number of guanidine groups is 1. The Morgan fingerprint density at radius 2 is 2.22 bits per heavy atom. The number of amides is 1. The Morgan fingerprint density at radius 1 is 1.52 bits per heavy atom. The third-order valence-corrected chi connectivity index (χ3v) is 3.57. The summed E-state index contributed by atoms with van der Waals surface area (Å²) in [5, 5.41) is 9.89. The molecule has 23 heavy (non-hydrogen) atoms. The number of nitrogens with zero attached hydrogens (tertiary/aromatic N) is 2. The molecule has 0 saturated carbocycles. The van der Waals surface area contributed by atoms with E-state index in [9.17, 15) is 18.0 Å². The number of halogens is 3. The molecule has 0 aliphatic rings. The van der Waals surface area contributed by atoms with E-state index in [1.807, 2.05) is 0 Å². The fourth-order valence-electron chi connectivity index (χ4n) is 1.61. The molecule has 0 radical (unpaired) electrons. The van der Waals surface area contributed by atoms with Crippen LogP contribution in [0.15, 0.2) is 18.2 Å². The van der Waals surface area contributed by atoms with E-state index in [-0.39, 0.29) is 23.4 Å². The lowest BCUT2D eigenvalue weighted by Gasteiger charge is -2.14. The molecule has 0 spiro atoms. The van der Waals surface area contributed by atoms with Crippen LogP contribution in [0.1, 0.15) is 0 Å². The number of thiazole rings is 1. The van der Waals surface area contributed by atoms with Gasteiger partial charge in [-0.3, -0.25) is 10.2 Å². The maximum atomic E-state index is 12.2. The number of aromatic nitrogens is 1. The van der Waals surface area contributed by atoms with Gasteiger partial charge in [0.1, 0.15) is 5.75 Å². The van der Waals surface area contributed by atoms with E-state index in [1.54, 1.807) is 0 Å². The van der Waals surface area contributed by atoms with Crippen LogP contribution in [0.5, 0.6) is 5.75 Å². The summed E-state index contributed by atoms with van der Waals surface area (Å²) in [6.07, 6.45) is -4.77. The van der Waals surface area contributed by atoms with Crippen molar-refractivity contribution >= 4 is 38.6 Å². The van der Waals surface area contributed by atoms with Crippen LogP contribution in [-0.4, -0.2) is 41.7 Å². The van der Waals surface area contributed by atoms with Crippen LogP contribution in [0.25, 0.3) is 10.2 Å². The van der Waals surface area contributed by atoms with Crippen LogP contribution < -0.4 is 15.8 Å². The number of ether oxygens (including phenoxy) is 1. The van der Waals surface area contributed by atoms with E-state index in [4.69, 9.17) is 11.1 Å². The average Bonchev–Trinajstić information content (AvgIpc) is 2.77. The summed E-state index contributed by atoms with van der Waals surface area (Å²) in [6, 6.07) is 3.70. The number of nitrogens with two attached hydrogens (primary N) is 1. The van der Waals surface area contributed by atoms with Gasteiger partial charge in [0.15, 0.2) is 11.1 Å². The molecule has 0 atom stereocenters. The topological polar surface area (TPSA) is 104 Å². The fraction of sp³-hybridized carbons (Fsp3) is 0.250. The second kappa shape index (κ2) is 6.28. The van der Waals surface area contributed by atoms with Crippen molar-refractivity contribution in [1.82, 2.24) is 9.88 Å². The summed E-state index contributed by atoms with van der Waals surface area (Å²) in [5.41, 5.74) is 5.65. The van der Waals surface area contributed by atoms with E-state index >= 15 is 0 Å². The Labute approximate surface area is 132 Å². The summed E-state index contributed by atoms with van der Waals surface area (Å²) < 4.78 is 40.8. The molecule has 2 rings (SSSR count). The molecule has 1 amide bonds. The average molecular weight is 347 g/mol. The van der Waals surface area contributed by atoms with Gasteiger partial charge in [-0.2, -0.15) is 0 Å². The van der Waals surface area contributed by atoms with Gasteiger partial charge in [-0.25, -0.2) is 4.98 Å². The van der Waals surface area contributed by atoms with Crippen LogP contribution >= 0.6 is 11.3 Å². The van der Waals surface area contributed by atoms with Crippen molar-refractivity contribution in [2.24, 2.45) is 5.73 Å². The first-order valence-electron chi connectivity index (χ1n) is 6.15. The Hall–Kier alpha value is -2.56. The lowest BCUT2D eigenvalue weighted by molar-refractivity contribution is -0.274. The predicted molar refractivity (Wildman–Crippen MR) is 79.5 cm³/mol. The SMILES string of the molecule is CN(CC(=O)Nc1nc2ccc(OC(F)(F)F)cc2s1)C(=N)N. The van der Waals surface area contributed by atoms with Gasteiger partial charge in [0.25, 0.3) is 0 Å². The van der Waals surface area contributed by atoms with Crippen molar-refractivity contribution < 1.29 is 22.7 Å². The van der Waals surface area contributed by atoms with Gasteiger partial charge < -0.3 is 20.7 Å². The number of carbonyl (C=O) groups is 1. The Kier molecular flexibility index (Phi) is 4.59. The largest absolute Gasteiger partial charge is 0.573 e. The second-order valence-corrected chi connectivity index (χ2v) is 5.52. The molecular weight excluding hydrogens is 335 g/mol. The molecule has 1 heterocycles. The molecule has 1 aromatic heterocycles. The monoisotopic (exact) mass is 347 g/mol. The number of carbonyl (C=O) groups excluding carboxylic acids is 1. The van der Waals surface area contributed by atoms with E-state index in [0.717, 1.165) is 17.4 Å². The molecule has 7 nitrogen and oxygen atoms in total. The number of rotatable bonds is 4. The highest BCUT2D eigenvalue weighted by molar-refractivity contribution is 7.22. The van der Waals surface area contributed by atoms with Crippen molar-refractivity contribution in [3.05, 3.63) is 18.2 Å². The highest BCUT2D eigenvalue weighted by Gasteiger charge is 2.31. The maximum Gasteiger partial charge on any atom is 0.573 e. The molecule has 0 saturated heterocycles. The van der Waals surface area contributed by atoms with Crippen LogP contribution in [0.4, 0.5) is 18.3 Å². The number of likely N-dealkylation sites (N-methyl/N-ethyl adjacent to an activating group) is 1. The standard InChI is InChI=1S/C12H12F3N5O2S/c1-20(10(16)17)5-9(21)19-11-18-7-3-2-6(4-8(7)23-11)22-12(13,14)15/h2-4H,5H2,1H3,(H3,16,17)(H,18,19,21). The first-order chi connectivity index (χ1) is 10.6. The molecule has 4 N–H and O–H groups in total. The summed E-state index contributed by atoms with van der Waals surface area (Å²) in [6.45, 7) is -0.145. The van der Waals surface area contributed by atoms with Crippen LogP contribution in [-0.2, 0) is 4.79 Å². The van der Waals surface area contributed by atoms with Crippen molar-refractivity contribution in [3.63, 3.8) is 0 Å². The zero-order valence-electron chi connectivity index (χ0n) is 11.8. The normalized spacial score (nSPS) is 11.3. The lowest BCUT2D eigenvalue weighted by Crippen LogP contribution is -2.38. The molecule has 11 heteroatoms. The number of hydrogen-bond donors (Lipinski definition) is 3. The minimum absolute atomic E-state index is 0.145. The smallest absolute Gasteiger partial charge is 0.406 e. The number of benzene rings is 1. The van der Waals surface area contributed by atoms with Crippen LogP contribution in [0, 0.1) is 5.41 Å². The minimum Gasteiger partial charge on any atom is -0.406 e. The summed E-state index contributed by atoms with van der Waals surface area (Å²) >= 11 is 1.01. The van der Waals surface area contributed by atoms with E-state index in [2.05, 4.69) is 15.0 Å². The van der Waals surface area contributed by atoms with E-state index in [0.29, 0.717) is 10.2 Å². The van der Waals surface area contributed by atoms with Gasteiger partial charge in [-0.05, 0) is 12.1 Å². The number of hydrogen-bond acceptors (Lipinski definition) is 5. The molecule has 124 valence electrons. The summed E-state index contributed by atoms with van der Waals surface area (Å²) in [5.74, 6) is -1.07. The Bertz CT molecular complexity index is 746. The fourth-order valence-corrected chi connectivity index (χ4v) is 2.53. The van der Waals surface area contributed by atoms with Gasteiger partial charge in [0.05, 0.1) is 16.8 Å². The predicted octanol–water partition coefficient (Wildman–Crippen LogP) is 1.96. The van der Waals surface area contributed by atoms with Gasteiger partial charge in [0, 0.05) is 13.1 Å². The van der Waals surface area contributed by atoms with Crippen molar-refractivity contribution in [1.29, 1.82) is 5.41 Å². The number of nitrogens with one attached hydrogen (secondary N) is 2. The van der Waals surface area contributed by atoms with Gasteiger partial charge in [0.2, 0.25) is 5.91 Å².